The van der Waals surface area contributed by atoms with Gasteiger partial charge >= 0.3 is 0 Å². The molecule has 1 heterocycles. The van der Waals surface area contributed by atoms with Gasteiger partial charge in [-0.15, -0.1) is 0 Å². The Hall–Kier alpha value is -2.75. The Bertz CT molecular complexity index is 988. The second-order valence-electron chi connectivity index (χ2n) is 8.68. The van der Waals surface area contributed by atoms with E-state index in [1.165, 1.54) is 12.1 Å². The largest absolute Gasteiger partial charge is 0.294 e. The summed E-state index contributed by atoms with van der Waals surface area (Å²) in [7, 11) is 0. The van der Waals surface area contributed by atoms with Crippen molar-refractivity contribution in [2.45, 2.75) is 46.0 Å². The molecule has 0 aromatic heterocycles. The number of Topliss-reactive ketones (excluding diaryl/α,β-unsaturated/α-hetero) is 1. The first-order valence-electron chi connectivity index (χ1n) is 9.66. The van der Waals surface area contributed by atoms with Crippen LogP contribution in [0.25, 0.3) is 0 Å². The smallest absolute Gasteiger partial charge is 0.232 e. The van der Waals surface area contributed by atoms with E-state index >= 15 is 0 Å². The molecule has 4 rings (SSSR count). The highest BCUT2D eigenvalue weighted by molar-refractivity contribution is 6.07. The third-order valence-electron chi connectivity index (χ3n) is 5.68. The molecule has 0 saturated carbocycles. The molecule has 1 unspecified atom stereocenters. The van der Waals surface area contributed by atoms with Gasteiger partial charge in [0.1, 0.15) is 5.82 Å². The first-order chi connectivity index (χ1) is 13.2. The molecular weight excluding hydrogens is 353 g/mol. The van der Waals surface area contributed by atoms with Crippen molar-refractivity contribution in [3.05, 3.63) is 76.7 Å². The molecule has 1 amide bonds. The molecule has 0 saturated heterocycles. The maximum absolute atomic E-state index is 13.4. The summed E-state index contributed by atoms with van der Waals surface area (Å²) in [5, 5.41) is 0. The third kappa shape index (κ3) is 3.28. The standard InChI is InChI=1S/C24H24FNO2/c1-15-5-4-6-18(11-15)26-20-13-24(2,3)14-21(27)23(20)19(12-22(26)28)16-7-9-17(25)10-8-16/h4-11,19H,12-14H2,1-3H3. The van der Waals surface area contributed by atoms with Crippen LogP contribution in [0.1, 0.15) is 50.2 Å². The molecule has 2 aromatic rings. The number of amides is 1. The summed E-state index contributed by atoms with van der Waals surface area (Å²) >= 11 is 0. The van der Waals surface area contributed by atoms with Crippen LogP contribution in [0, 0.1) is 18.2 Å². The molecule has 1 atom stereocenters. The monoisotopic (exact) mass is 377 g/mol. The first kappa shape index (κ1) is 18.6. The summed E-state index contributed by atoms with van der Waals surface area (Å²) in [5.74, 6) is -0.569. The summed E-state index contributed by atoms with van der Waals surface area (Å²) in [4.78, 5) is 28.1. The molecular formula is C24H24FNO2. The Kier molecular flexibility index (Phi) is 4.45. The van der Waals surface area contributed by atoms with Crippen molar-refractivity contribution < 1.29 is 14.0 Å². The van der Waals surface area contributed by atoms with E-state index in [0.29, 0.717) is 18.4 Å². The Morgan fingerprint density at radius 1 is 1.04 bits per heavy atom. The van der Waals surface area contributed by atoms with E-state index in [9.17, 15) is 14.0 Å². The molecule has 0 N–H and O–H groups in total. The first-order valence-corrected chi connectivity index (χ1v) is 9.66. The second-order valence-corrected chi connectivity index (χ2v) is 8.68. The van der Waals surface area contributed by atoms with Crippen LogP contribution in [0.4, 0.5) is 10.1 Å². The molecule has 1 aliphatic carbocycles. The quantitative estimate of drug-likeness (QED) is 0.712. The van der Waals surface area contributed by atoms with Crippen molar-refractivity contribution in [3.63, 3.8) is 0 Å². The van der Waals surface area contributed by atoms with Crippen LogP contribution in [0.5, 0.6) is 0 Å². The summed E-state index contributed by atoms with van der Waals surface area (Å²) in [5.41, 5.74) is 4.00. The van der Waals surface area contributed by atoms with Gasteiger partial charge in [0.15, 0.2) is 5.78 Å². The van der Waals surface area contributed by atoms with Gasteiger partial charge in [-0.2, -0.15) is 0 Å². The number of nitrogens with zero attached hydrogens (tertiary/aromatic N) is 1. The maximum atomic E-state index is 13.4. The SMILES string of the molecule is Cc1cccc(N2C(=O)CC(c3ccc(F)cc3)C3=C2CC(C)(C)CC3=O)c1. The molecule has 3 nitrogen and oxygen atoms in total. The van der Waals surface area contributed by atoms with Crippen LogP contribution in [0.15, 0.2) is 59.8 Å². The zero-order valence-electron chi connectivity index (χ0n) is 16.5. The molecule has 4 heteroatoms. The number of carbonyl (C=O) groups excluding carboxylic acids is 2. The fourth-order valence-corrected chi connectivity index (χ4v) is 4.46. The minimum absolute atomic E-state index is 0.0239. The van der Waals surface area contributed by atoms with Crippen molar-refractivity contribution >= 4 is 17.4 Å². The van der Waals surface area contributed by atoms with Crippen LogP contribution >= 0.6 is 0 Å². The molecule has 0 radical (unpaired) electrons. The summed E-state index contributed by atoms with van der Waals surface area (Å²) < 4.78 is 13.4. The maximum Gasteiger partial charge on any atom is 0.232 e. The summed E-state index contributed by atoms with van der Waals surface area (Å²) in [6, 6.07) is 14.0. The topological polar surface area (TPSA) is 37.4 Å². The molecule has 0 bridgehead atoms. The number of ketones is 1. The second kappa shape index (κ2) is 6.69. The lowest BCUT2D eigenvalue weighted by Crippen LogP contribution is -2.43. The Morgan fingerprint density at radius 3 is 2.43 bits per heavy atom. The Labute approximate surface area is 164 Å². The van der Waals surface area contributed by atoms with Crippen molar-refractivity contribution in [2.75, 3.05) is 4.90 Å². The average molecular weight is 377 g/mol. The molecule has 0 spiro atoms. The normalized spacial score (nSPS) is 21.7. The average Bonchev–Trinajstić information content (AvgIpc) is 2.60. The summed E-state index contributed by atoms with van der Waals surface area (Å²) in [6.07, 6.45) is 1.33. The minimum atomic E-state index is -0.322. The van der Waals surface area contributed by atoms with Crippen LogP contribution in [-0.4, -0.2) is 11.7 Å². The van der Waals surface area contributed by atoms with Gasteiger partial charge in [0.2, 0.25) is 5.91 Å². The van der Waals surface area contributed by atoms with Crippen LogP contribution in [-0.2, 0) is 9.59 Å². The number of allylic oxidation sites excluding steroid dienone is 2. The highest BCUT2D eigenvalue weighted by Crippen LogP contribution is 2.48. The van der Waals surface area contributed by atoms with Gasteiger partial charge in [-0.3, -0.25) is 14.5 Å². The fraction of sp³-hybridized carbons (Fsp3) is 0.333. The number of benzene rings is 2. The summed E-state index contributed by atoms with van der Waals surface area (Å²) in [6.45, 7) is 6.12. The van der Waals surface area contributed by atoms with Gasteiger partial charge in [0.25, 0.3) is 0 Å². The number of anilines is 1. The van der Waals surface area contributed by atoms with Crippen molar-refractivity contribution in [1.82, 2.24) is 0 Å². The number of aryl methyl sites for hydroxylation is 1. The highest BCUT2D eigenvalue weighted by atomic mass is 19.1. The number of halogens is 1. The van der Waals surface area contributed by atoms with E-state index in [2.05, 4.69) is 13.8 Å². The number of hydrogen-bond donors (Lipinski definition) is 0. The zero-order valence-corrected chi connectivity index (χ0v) is 16.5. The van der Waals surface area contributed by atoms with E-state index in [1.807, 2.05) is 31.2 Å². The zero-order chi connectivity index (χ0) is 20.1. The van der Waals surface area contributed by atoms with Crippen molar-refractivity contribution in [1.29, 1.82) is 0 Å². The number of hydrogen-bond acceptors (Lipinski definition) is 2. The lowest BCUT2D eigenvalue weighted by atomic mass is 9.69. The molecule has 2 aromatic carbocycles. The third-order valence-corrected chi connectivity index (χ3v) is 5.68. The highest BCUT2D eigenvalue weighted by Gasteiger charge is 2.44. The minimum Gasteiger partial charge on any atom is -0.294 e. The van der Waals surface area contributed by atoms with E-state index < -0.39 is 0 Å². The molecule has 1 aliphatic heterocycles. The Morgan fingerprint density at radius 2 is 1.75 bits per heavy atom. The van der Waals surface area contributed by atoms with E-state index in [-0.39, 0.29) is 35.3 Å². The lowest BCUT2D eigenvalue weighted by Gasteiger charge is -2.43. The van der Waals surface area contributed by atoms with Crippen LogP contribution in [0.2, 0.25) is 0 Å². The van der Waals surface area contributed by atoms with Crippen molar-refractivity contribution in [3.8, 4) is 0 Å². The number of carbonyl (C=O) groups is 2. The predicted molar refractivity (Wildman–Crippen MR) is 107 cm³/mol. The molecule has 2 aliphatic rings. The van der Waals surface area contributed by atoms with Crippen molar-refractivity contribution in [2.24, 2.45) is 5.41 Å². The predicted octanol–water partition coefficient (Wildman–Crippen LogP) is 5.30. The molecule has 0 fully saturated rings. The van der Waals surface area contributed by atoms with Gasteiger partial charge < -0.3 is 0 Å². The van der Waals surface area contributed by atoms with E-state index in [4.69, 9.17) is 0 Å². The van der Waals surface area contributed by atoms with E-state index in [0.717, 1.165) is 22.5 Å². The van der Waals surface area contributed by atoms with Crippen LogP contribution < -0.4 is 4.90 Å². The van der Waals surface area contributed by atoms with Gasteiger partial charge in [-0.05, 0) is 54.2 Å². The number of rotatable bonds is 2. The fourth-order valence-electron chi connectivity index (χ4n) is 4.46. The van der Waals surface area contributed by atoms with Gasteiger partial charge in [-0.1, -0.05) is 38.1 Å². The Balaban J connectivity index is 1.89. The molecule has 144 valence electrons. The van der Waals surface area contributed by atoms with Gasteiger partial charge in [0, 0.05) is 35.7 Å². The van der Waals surface area contributed by atoms with Crippen LogP contribution in [0.3, 0.4) is 0 Å². The molecule has 28 heavy (non-hydrogen) atoms. The van der Waals surface area contributed by atoms with Gasteiger partial charge in [-0.25, -0.2) is 4.39 Å². The van der Waals surface area contributed by atoms with E-state index in [1.54, 1.807) is 17.0 Å². The van der Waals surface area contributed by atoms with Gasteiger partial charge in [0.05, 0.1) is 0 Å². The lowest BCUT2D eigenvalue weighted by molar-refractivity contribution is -0.121.